The Morgan fingerprint density at radius 3 is 2.53 bits per heavy atom. The number of aromatic nitrogens is 1. The molecule has 1 saturated heterocycles. The second-order valence-electron chi connectivity index (χ2n) is 5.05. The number of pyridine rings is 1. The fourth-order valence-corrected chi connectivity index (χ4v) is 3.63. The molecule has 2 rings (SSSR count). The van der Waals surface area contributed by atoms with Crippen molar-refractivity contribution in [1.29, 1.82) is 0 Å². The number of hydrogen-bond acceptors (Lipinski definition) is 5. The summed E-state index contributed by atoms with van der Waals surface area (Å²) in [6, 6.07) is 2.07. The third-order valence-corrected chi connectivity index (χ3v) is 5.06. The lowest BCUT2D eigenvalue weighted by Crippen LogP contribution is -2.41. The molecule has 1 N–H and O–H groups in total. The first kappa shape index (κ1) is 14.3. The van der Waals surface area contributed by atoms with Crippen molar-refractivity contribution in [2.24, 2.45) is 0 Å². The molecule has 0 radical (unpaired) electrons. The van der Waals surface area contributed by atoms with Gasteiger partial charge in [0.2, 0.25) is 0 Å². The van der Waals surface area contributed by atoms with Crippen molar-refractivity contribution < 1.29 is 8.42 Å². The van der Waals surface area contributed by atoms with E-state index in [1.807, 2.05) is 14.0 Å². The summed E-state index contributed by atoms with van der Waals surface area (Å²) in [7, 11) is -0.948. The molecule has 0 atom stereocenters. The first-order chi connectivity index (χ1) is 8.93. The number of rotatable bonds is 3. The highest BCUT2D eigenvalue weighted by Gasteiger charge is 2.24. The molecular weight excluding hydrogens is 262 g/mol. The Labute approximate surface area is 114 Å². The van der Waals surface area contributed by atoms with Gasteiger partial charge in [-0.1, -0.05) is 0 Å². The van der Waals surface area contributed by atoms with Crippen LogP contribution in [0.1, 0.15) is 16.8 Å². The van der Waals surface area contributed by atoms with E-state index in [0.717, 1.165) is 23.6 Å². The molecule has 106 valence electrons. The molecule has 0 amide bonds. The average Bonchev–Trinajstić information content (AvgIpc) is 2.32. The van der Waals surface area contributed by atoms with E-state index in [2.05, 4.69) is 28.2 Å². The van der Waals surface area contributed by atoms with Crippen LogP contribution in [-0.4, -0.2) is 45.0 Å². The van der Waals surface area contributed by atoms with Crippen molar-refractivity contribution in [3.8, 4) is 0 Å². The molecule has 19 heavy (non-hydrogen) atoms. The van der Waals surface area contributed by atoms with Gasteiger partial charge in [0.1, 0.15) is 5.82 Å². The molecule has 0 unspecified atom stereocenters. The van der Waals surface area contributed by atoms with Crippen molar-refractivity contribution in [2.75, 3.05) is 36.5 Å². The Morgan fingerprint density at radius 1 is 1.32 bits per heavy atom. The highest BCUT2D eigenvalue weighted by atomic mass is 32.2. The van der Waals surface area contributed by atoms with E-state index < -0.39 is 9.84 Å². The quantitative estimate of drug-likeness (QED) is 0.882. The van der Waals surface area contributed by atoms with Gasteiger partial charge in [0.05, 0.1) is 11.5 Å². The Kier molecular flexibility index (Phi) is 4.10. The van der Waals surface area contributed by atoms with Gasteiger partial charge in [0.25, 0.3) is 0 Å². The highest BCUT2D eigenvalue weighted by Crippen LogP contribution is 2.24. The van der Waals surface area contributed by atoms with Crippen molar-refractivity contribution in [1.82, 2.24) is 10.3 Å². The van der Waals surface area contributed by atoms with E-state index in [9.17, 15) is 8.42 Å². The summed E-state index contributed by atoms with van der Waals surface area (Å²) < 4.78 is 23.0. The first-order valence-corrected chi connectivity index (χ1v) is 8.32. The van der Waals surface area contributed by atoms with Gasteiger partial charge in [0.15, 0.2) is 9.84 Å². The molecular formula is C13H21N3O2S. The summed E-state index contributed by atoms with van der Waals surface area (Å²) in [6.45, 7) is 5.87. The van der Waals surface area contributed by atoms with Crippen molar-refractivity contribution in [2.45, 2.75) is 20.4 Å². The van der Waals surface area contributed by atoms with Crippen LogP contribution >= 0.6 is 0 Å². The molecule has 1 aromatic rings. The number of sulfone groups is 1. The molecule has 0 spiro atoms. The van der Waals surface area contributed by atoms with Gasteiger partial charge in [-0.15, -0.1) is 0 Å². The highest BCUT2D eigenvalue weighted by molar-refractivity contribution is 7.91. The van der Waals surface area contributed by atoms with E-state index >= 15 is 0 Å². The molecule has 0 bridgehead atoms. The van der Waals surface area contributed by atoms with Gasteiger partial charge in [-0.05, 0) is 32.5 Å². The second kappa shape index (κ2) is 5.46. The molecule has 0 aliphatic carbocycles. The molecule has 1 fully saturated rings. The number of nitrogens with zero attached hydrogens (tertiary/aromatic N) is 2. The second-order valence-corrected chi connectivity index (χ2v) is 7.36. The lowest BCUT2D eigenvalue weighted by Gasteiger charge is -2.30. The molecule has 1 aliphatic rings. The van der Waals surface area contributed by atoms with Crippen LogP contribution in [-0.2, 0) is 16.4 Å². The zero-order valence-corrected chi connectivity index (χ0v) is 12.5. The van der Waals surface area contributed by atoms with Crippen LogP contribution in [0.25, 0.3) is 0 Å². The van der Waals surface area contributed by atoms with Crippen LogP contribution < -0.4 is 10.2 Å². The monoisotopic (exact) mass is 283 g/mol. The maximum absolute atomic E-state index is 11.5. The van der Waals surface area contributed by atoms with E-state index in [1.165, 1.54) is 5.56 Å². The maximum Gasteiger partial charge on any atom is 0.153 e. The minimum Gasteiger partial charge on any atom is -0.354 e. The van der Waals surface area contributed by atoms with Crippen LogP contribution in [0.4, 0.5) is 5.82 Å². The molecule has 6 heteroatoms. The predicted molar refractivity (Wildman–Crippen MR) is 77.3 cm³/mol. The molecule has 1 aromatic heterocycles. The minimum absolute atomic E-state index is 0.223. The van der Waals surface area contributed by atoms with Gasteiger partial charge in [-0.3, -0.25) is 0 Å². The SMILES string of the molecule is CNCc1c(C)cc(C)nc1N1CCS(=O)(=O)CC1. The Bertz CT molecular complexity index is 555. The topological polar surface area (TPSA) is 62.3 Å². The smallest absolute Gasteiger partial charge is 0.153 e. The summed E-state index contributed by atoms with van der Waals surface area (Å²) in [5.74, 6) is 1.38. The van der Waals surface area contributed by atoms with Crippen LogP contribution in [0, 0.1) is 13.8 Å². The van der Waals surface area contributed by atoms with Crippen LogP contribution in [0.5, 0.6) is 0 Å². The summed E-state index contributed by atoms with van der Waals surface area (Å²) in [5.41, 5.74) is 3.33. The van der Waals surface area contributed by atoms with Crippen molar-refractivity contribution in [3.63, 3.8) is 0 Å². The van der Waals surface area contributed by atoms with Gasteiger partial charge in [0, 0.05) is 30.9 Å². The first-order valence-electron chi connectivity index (χ1n) is 6.50. The van der Waals surface area contributed by atoms with E-state index in [1.54, 1.807) is 0 Å². The van der Waals surface area contributed by atoms with E-state index in [4.69, 9.17) is 0 Å². The number of nitrogens with one attached hydrogen (secondary N) is 1. The van der Waals surface area contributed by atoms with Crippen LogP contribution in [0.2, 0.25) is 0 Å². The third kappa shape index (κ3) is 3.25. The predicted octanol–water partition coefficient (Wildman–Crippen LogP) is 0.653. The van der Waals surface area contributed by atoms with Crippen molar-refractivity contribution in [3.05, 3.63) is 22.9 Å². The number of aryl methyl sites for hydroxylation is 2. The zero-order chi connectivity index (χ0) is 14.0. The summed E-state index contributed by atoms with van der Waals surface area (Å²) in [5, 5.41) is 3.16. The Hall–Kier alpha value is -1.14. The zero-order valence-electron chi connectivity index (χ0n) is 11.7. The largest absolute Gasteiger partial charge is 0.354 e. The van der Waals surface area contributed by atoms with E-state index in [-0.39, 0.29) is 11.5 Å². The summed E-state index contributed by atoms with van der Waals surface area (Å²) >= 11 is 0. The van der Waals surface area contributed by atoms with Crippen LogP contribution in [0.3, 0.4) is 0 Å². The van der Waals surface area contributed by atoms with Gasteiger partial charge >= 0.3 is 0 Å². The normalized spacial score (nSPS) is 18.6. The number of hydrogen-bond donors (Lipinski definition) is 1. The average molecular weight is 283 g/mol. The van der Waals surface area contributed by atoms with Gasteiger partial charge in [-0.25, -0.2) is 13.4 Å². The molecule has 0 aromatic carbocycles. The fourth-order valence-electron chi connectivity index (χ4n) is 2.42. The minimum atomic E-state index is -2.85. The molecule has 0 saturated carbocycles. The molecule has 5 nitrogen and oxygen atoms in total. The molecule has 2 heterocycles. The Morgan fingerprint density at radius 2 is 1.95 bits per heavy atom. The Balaban J connectivity index is 2.33. The lowest BCUT2D eigenvalue weighted by atomic mass is 10.1. The lowest BCUT2D eigenvalue weighted by molar-refractivity contribution is 0.586. The van der Waals surface area contributed by atoms with E-state index in [0.29, 0.717) is 13.1 Å². The van der Waals surface area contributed by atoms with Crippen molar-refractivity contribution >= 4 is 15.7 Å². The molecule has 1 aliphatic heterocycles. The van der Waals surface area contributed by atoms with Crippen LogP contribution in [0.15, 0.2) is 6.07 Å². The summed E-state index contributed by atoms with van der Waals surface area (Å²) in [4.78, 5) is 6.71. The number of anilines is 1. The fraction of sp³-hybridized carbons (Fsp3) is 0.615. The summed E-state index contributed by atoms with van der Waals surface area (Å²) in [6.07, 6.45) is 0. The van der Waals surface area contributed by atoms with Gasteiger partial charge < -0.3 is 10.2 Å². The maximum atomic E-state index is 11.5. The third-order valence-electron chi connectivity index (χ3n) is 3.45. The van der Waals surface area contributed by atoms with Gasteiger partial charge in [-0.2, -0.15) is 0 Å². The standard InChI is InChI=1S/C13H21N3O2S/c1-10-8-11(2)15-13(12(10)9-14-3)16-4-6-19(17,18)7-5-16/h8,14H,4-7,9H2,1-3H3.